The molecule has 0 aromatic heterocycles. The van der Waals surface area contributed by atoms with Crippen LogP contribution in [0.1, 0.15) is 34.6 Å². The maximum Gasteiger partial charge on any atom is 0.305 e. The first kappa shape index (κ1) is 16.7. The van der Waals surface area contributed by atoms with Gasteiger partial charge in [0.2, 0.25) is 11.8 Å². The van der Waals surface area contributed by atoms with E-state index >= 15 is 0 Å². The van der Waals surface area contributed by atoms with Gasteiger partial charge in [0.05, 0.1) is 22.6 Å². The Bertz CT molecular complexity index is 969. The molecule has 27 heavy (non-hydrogen) atoms. The highest BCUT2D eigenvalue weighted by molar-refractivity contribution is 9.09. The fourth-order valence-corrected chi connectivity index (χ4v) is 6.37. The van der Waals surface area contributed by atoms with E-state index in [1.54, 1.807) is 0 Å². The second-order valence-electron chi connectivity index (χ2n) is 7.34. The molecule has 0 unspecified atom stereocenters. The van der Waals surface area contributed by atoms with Gasteiger partial charge in [0, 0.05) is 12.5 Å². The third kappa shape index (κ3) is 1.96. The van der Waals surface area contributed by atoms with E-state index in [2.05, 4.69) is 15.9 Å². The highest BCUT2D eigenvalue weighted by Gasteiger charge is 2.67. The zero-order chi connectivity index (χ0) is 18.9. The average molecular weight is 426 g/mol. The van der Waals surface area contributed by atoms with Crippen molar-refractivity contribution in [1.29, 1.82) is 0 Å². The molecule has 2 atom stereocenters. The molecule has 0 spiro atoms. The molecule has 6 rings (SSSR count). The second-order valence-corrected chi connectivity index (χ2v) is 8.59. The molecule has 2 aromatic rings. The molecular weight excluding hydrogens is 410 g/mol. The molecule has 136 valence electrons. The predicted octanol–water partition coefficient (Wildman–Crippen LogP) is 2.86. The first-order chi connectivity index (χ1) is 13.0. The molecule has 1 fully saturated rings. The van der Waals surface area contributed by atoms with E-state index in [0.717, 1.165) is 27.2 Å². The summed E-state index contributed by atoms with van der Waals surface area (Å²) < 4.78 is -0.773. The standard InChI is InChI=1S/C21H16BrNO4/c22-21-13-7-3-1-5-11(13)16(12-6-2-4-8-14(12)21)17-18(21)20(27)23(19(17)26)10-9-15(24)25/h1-8,16-18H,9-10H2,(H,24,25)/t16?,17-,18+,21?/m0/s1. The van der Waals surface area contributed by atoms with Crippen LogP contribution in [-0.2, 0) is 18.7 Å². The van der Waals surface area contributed by atoms with Crippen LogP contribution in [0.2, 0.25) is 0 Å². The molecule has 4 aliphatic rings. The van der Waals surface area contributed by atoms with Gasteiger partial charge in [-0.05, 0) is 22.3 Å². The van der Waals surface area contributed by atoms with Gasteiger partial charge in [-0.1, -0.05) is 64.5 Å². The highest BCUT2D eigenvalue weighted by Crippen LogP contribution is 2.66. The predicted molar refractivity (Wildman–Crippen MR) is 100 cm³/mol. The van der Waals surface area contributed by atoms with Crippen molar-refractivity contribution in [2.24, 2.45) is 11.8 Å². The van der Waals surface area contributed by atoms with Crippen LogP contribution in [0.5, 0.6) is 0 Å². The van der Waals surface area contributed by atoms with E-state index in [0.29, 0.717) is 0 Å². The Morgan fingerprint density at radius 1 is 1.00 bits per heavy atom. The Balaban J connectivity index is 1.73. The quantitative estimate of drug-likeness (QED) is 0.605. The van der Waals surface area contributed by atoms with E-state index < -0.39 is 22.1 Å². The van der Waals surface area contributed by atoms with E-state index in [1.807, 2.05) is 48.5 Å². The molecule has 0 radical (unpaired) electrons. The van der Waals surface area contributed by atoms with E-state index in [9.17, 15) is 14.4 Å². The fraction of sp³-hybridized carbons (Fsp3) is 0.286. The lowest BCUT2D eigenvalue weighted by atomic mass is 9.55. The lowest BCUT2D eigenvalue weighted by Crippen LogP contribution is -2.50. The molecule has 2 aromatic carbocycles. The van der Waals surface area contributed by atoms with Crippen molar-refractivity contribution in [3.63, 3.8) is 0 Å². The van der Waals surface area contributed by atoms with Crippen LogP contribution < -0.4 is 0 Å². The zero-order valence-electron chi connectivity index (χ0n) is 14.3. The molecule has 2 amide bonds. The number of halogens is 1. The molecule has 2 bridgehead atoms. The van der Waals surface area contributed by atoms with Gasteiger partial charge in [0.15, 0.2) is 0 Å². The third-order valence-electron chi connectivity index (χ3n) is 6.15. The maximum atomic E-state index is 13.3. The average Bonchev–Trinajstić information content (AvgIpc) is 2.92. The van der Waals surface area contributed by atoms with Gasteiger partial charge in [0.1, 0.15) is 0 Å². The van der Waals surface area contributed by atoms with Crippen LogP contribution in [0.25, 0.3) is 0 Å². The topological polar surface area (TPSA) is 74.7 Å². The summed E-state index contributed by atoms with van der Waals surface area (Å²) >= 11 is 3.90. The lowest BCUT2D eigenvalue weighted by Gasteiger charge is -2.51. The van der Waals surface area contributed by atoms with E-state index in [4.69, 9.17) is 5.11 Å². The Morgan fingerprint density at radius 2 is 1.56 bits per heavy atom. The number of alkyl halides is 1. The molecule has 1 N–H and O–H groups in total. The molecule has 3 aliphatic carbocycles. The number of carbonyl (C=O) groups excluding carboxylic acids is 2. The minimum Gasteiger partial charge on any atom is -0.481 e. The van der Waals surface area contributed by atoms with Gasteiger partial charge in [-0.2, -0.15) is 0 Å². The number of imide groups is 1. The zero-order valence-corrected chi connectivity index (χ0v) is 15.8. The molecule has 1 aliphatic heterocycles. The molecular formula is C21H16BrNO4. The van der Waals surface area contributed by atoms with Crippen molar-refractivity contribution in [3.05, 3.63) is 70.8 Å². The molecule has 6 heteroatoms. The maximum absolute atomic E-state index is 13.3. The van der Waals surface area contributed by atoms with Crippen molar-refractivity contribution in [1.82, 2.24) is 4.90 Å². The number of rotatable bonds is 3. The van der Waals surface area contributed by atoms with E-state index in [-0.39, 0.29) is 30.7 Å². The second kappa shape index (κ2) is 5.52. The number of likely N-dealkylation sites (tertiary alicyclic amines) is 1. The molecule has 1 saturated heterocycles. The summed E-state index contributed by atoms with van der Waals surface area (Å²) in [6.07, 6.45) is -0.239. The number of hydrogen-bond acceptors (Lipinski definition) is 3. The monoisotopic (exact) mass is 425 g/mol. The van der Waals surface area contributed by atoms with Crippen molar-refractivity contribution >= 4 is 33.7 Å². The number of carboxylic acids is 1. The molecule has 5 nitrogen and oxygen atoms in total. The van der Waals surface area contributed by atoms with Crippen LogP contribution >= 0.6 is 15.9 Å². The minimum absolute atomic E-state index is 0.0809. The van der Waals surface area contributed by atoms with Gasteiger partial charge in [-0.15, -0.1) is 0 Å². The van der Waals surface area contributed by atoms with Crippen molar-refractivity contribution in [2.75, 3.05) is 6.54 Å². The Hall–Kier alpha value is -2.47. The molecule has 1 heterocycles. The van der Waals surface area contributed by atoms with Gasteiger partial charge in [0.25, 0.3) is 0 Å². The smallest absolute Gasteiger partial charge is 0.305 e. The molecule has 0 saturated carbocycles. The van der Waals surface area contributed by atoms with Crippen LogP contribution in [0, 0.1) is 11.8 Å². The summed E-state index contributed by atoms with van der Waals surface area (Å²) in [6.45, 7) is -0.0809. The van der Waals surface area contributed by atoms with Gasteiger partial charge in [-0.3, -0.25) is 19.3 Å². The van der Waals surface area contributed by atoms with Gasteiger partial charge < -0.3 is 5.11 Å². The van der Waals surface area contributed by atoms with Crippen LogP contribution in [0.15, 0.2) is 48.5 Å². The Kier molecular flexibility index (Phi) is 3.41. The lowest BCUT2D eigenvalue weighted by molar-refractivity contribution is -0.142. The summed E-state index contributed by atoms with van der Waals surface area (Å²) in [5.74, 6) is -2.81. The van der Waals surface area contributed by atoms with Crippen molar-refractivity contribution in [3.8, 4) is 0 Å². The normalized spacial score (nSPS) is 30.1. The summed E-state index contributed by atoms with van der Waals surface area (Å²) in [6, 6.07) is 15.9. The Labute approximate surface area is 164 Å². The summed E-state index contributed by atoms with van der Waals surface area (Å²) in [4.78, 5) is 38.6. The third-order valence-corrected chi connectivity index (χ3v) is 7.50. The first-order valence-electron chi connectivity index (χ1n) is 8.91. The van der Waals surface area contributed by atoms with Crippen molar-refractivity contribution < 1.29 is 19.5 Å². The number of benzene rings is 2. The van der Waals surface area contributed by atoms with Crippen LogP contribution in [-0.4, -0.2) is 34.3 Å². The fourth-order valence-electron chi connectivity index (χ4n) is 5.17. The number of nitrogens with zero attached hydrogens (tertiary/aromatic N) is 1. The van der Waals surface area contributed by atoms with Crippen molar-refractivity contribution in [2.45, 2.75) is 16.7 Å². The highest BCUT2D eigenvalue weighted by atomic mass is 79.9. The number of aliphatic carboxylic acids is 1. The van der Waals surface area contributed by atoms with Crippen LogP contribution in [0.4, 0.5) is 0 Å². The largest absolute Gasteiger partial charge is 0.481 e. The number of carboxylic acid groups (broad SMARTS) is 1. The minimum atomic E-state index is -1.02. The number of carbonyl (C=O) groups is 3. The van der Waals surface area contributed by atoms with Crippen LogP contribution in [0.3, 0.4) is 0 Å². The number of amides is 2. The summed E-state index contributed by atoms with van der Waals surface area (Å²) in [5, 5.41) is 9.00. The summed E-state index contributed by atoms with van der Waals surface area (Å²) in [5.41, 5.74) is 4.18. The van der Waals surface area contributed by atoms with E-state index in [1.165, 1.54) is 0 Å². The van der Waals surface area contributed by atoms with Gasteiger partial charge >= 0.3 is 5.97 Å². The SMILES string of the molecule is O=C(O)CCN1C(=O)[C@H]2C3c4ccccc4C(Br)(c4ccccc43)[C@H]2C1=O. The summed E-state index contributed by atoms with van der Waals surface area (Å²) in [7, 11) is 0. The van der Waals surface area contributed by atoms with Gasteiger partial charge in [-0.25, -0.2) is 0 Å². The Morgan fingerprint density at radius 3 is 2.11 bits per heavy atom. The first-order valence-corrected chi connectivity index (χ1v) is 9.70. The number of hydrogen-bond donors (Lipinski definition) is 1.